The Bertz CT molecular complexity index is 2360. The molecule has 0 saturated carbocycles. The summed E-state index contributed by atoms with van der Waals surface area (Å²) in [5.74, 6) is -3.13. The summed E-state index contributed by atoms with van der Waals surface area (Å²) in [6.07, 6.45) is 4.11. The lowest BCUT2D eigenvalue weighted by molar-refractivity contribution is -0.170. The van der Waals surface area contributed by atoms with E-state index in [9.17, 15) is 53.7 Å². The standard InChI is InChI=1S/C23H38N4O7.C22H18N2O6/c1-25-14-16-27(17-15-25)20(30)8-4-5-11-24-18(28)6-2-3-7-19(29)26-12-9-23(10-13-26,21(31)32)22(33)34;1-3-12-13-6-11(30-10-25)4-5-17(13)23-19-14(12)8-24-18(19)7-16-15(20(24)26)9-29-21(27)22(16,2)28/h2-17H2,1H3,(H,24,28)(H,31,32)(H,33,34);4-7,10,28H,3,8-9H2,1-2H3/t;22-/m.0/s1. The van der Waals surface area contributed by atoms with Crippen LogP contribution in [0.4, 0.5) is 0 Å². The number of fused-ring (bicyclic) bond motifs is 5. The number of esters is 1. The third-order valence-corrected chi connectivity index (χ3v) is 12.8. The second-order valence-corrected chi connectivity index (χ2v) is 16.9. The van der Waals surface area contributed by atoms with Gasteiger partial charge in [0.25, 0.3) is 12.0 Å². The molecule has 0 aliphatic carbocycles. The molecule has 0 unspecified atom stereocenters. The molecule has 6 heterocycles. The highest BCUT2D eigenvalue weighted by Crippen LogP contribution is 2.40. The number of likely N-dealkylation sites (N-methyl/N-ethyl adjacent to an activating group) is 1. The van der Waals surface area contributed by atoms with Crippen LogP contribution in [0.25, 0.3) is 22.3 Å². The molecule has 4 aliphatic rings. The minimum atomic E-state index is -1.89. The van der Waals surface area contributed by atoms with E-state index < -0.39 is 28.9 Å². The van der Waals surface area contributed by atoms with Crippen molar-refractivity contribution >= 4 is 53.0 Å². The lowest BCUT2D eigenvalue weighted by Gasteiger charge is -2.36. The summed E-state index contributed by atoms with van der Waals surface area (Å²) < 4.78 is 11.6. The highest BCUT2D eigenvalue weighted by atomic mass is 16.6. The van der Waals surface area contributed by atoms with Crippen molar-refractivity contribution in [1.29, 1.82) is 0 Å². The van der Waals surface area contributed by atoms with E-state index >= 15 is 0 Å². The van der Waals surface area contributed by atoms with Crippen molar-refractivity contribution in [3.05, 3.63) is 56.9 Å². The first-order valence-corrected chi connectivity index (χ1v) is 21.7. The Kier molecular flexibility index (Phi) is 14.8. The van der Waals surface area contributed by atoms with Crippen LogP contribution in [-0.4, -0.2) is 135 Å². The molecular weight excluding hydrogens is 833 g/mol. The zero-order chi connectivity index (χ0) is 46.3. The molecule has 1 atom stereocenters. The molecule has 2 saturated heterocycles. The predicted octanol–water partition coefficient (Wildman–Crippen LogP) is 2.17. The van der Waals surface area contributed by atoms with Crippen LogP contribution in [0.15, 0.2) is 29.1 Å². The van der Waals surface area contributed by atoms with E-state index in [0.29, 0.717) is 74.3 Å². The molecule has 0 spiro atoms. The molecule has 0 radical (unpaired) electrons. The van der Waals surface area contributed by atoms with Crippen molar-refractivity contribution in [3.63, 3.8) is 0 Å². The number of cyclic esters (lactones) is 1. The normalized spacial score (nSPS) is 18.7. The van der Waals surface area contributed by atoms with Gasteiger partial charge in [-0.25, -0.2) is 9.78 Å². The molecule has 0 bridgehead atoms. The van der Waals surface area contributed by atoms with Gasteiger partial charge >= 0.3 is 17.9 Å². The number of aliphatic carboxylic acids is 2. The van der Waals surface area contributed by atoms with Crippen molar-refractivity contribution < 1.29 is 58.4 Å². The third kappa shape index (κ3) is 9.94. The van der Waals surface area contributed by atoms with E-state index in [1.54, 1.807) is 28.8 Å². The van der Waals surface area contributed by atoms with Crippen LogP contribution in [0.5, 0.6) is 5.75 Å². The lowest BCUT2D eigenvalue weighted by Crippen LogP contribution is -2.50. The minimum Gasteiger partial charge on any atom is -0.480 e. The van der Waals surface area contributed by atoms with E-state index in [2.05, 4.69) is 10.2 Å². The highest BCUT2D eigenvalue weighted by molar-refractivity contribution is 5.98. The van der Waals surface area contributed by atoms with Gasteiger partial charge in [0, 0.05) is 81.6 Å². The van der Waals surface area contributed by atoms with Crippen LogP contribution >= 0.6 is 0 Å². The van der Waals surface area contributed by atoms with Gasteiger partial charge in [-0.3, -0.25) is 33.6 Å². The molecule has 3 amide bonds. The SMILES string of the molecule is CCc1c2c(nc3ccc(OC=O)cc13)-c1cc3c(c(=O)n1C2)COC(=O)[C@@]3(C)O.CN1CCN(C(=O)CCCCNC(=O)CCCCC(=O)N2CCC(C(=O)O)(C(=O)O)CC2)CC1. The maximum atomic E-state index is 13.2. The number of unbranched alkanes of at least 4 members (excludes halogenated alkanes) is 2. The number of pyridine rings is 2. The second-order valence-electron chi connectivity index (χ2n) is 16.9. The number of aliphatic hydroxyl groups is 1. The summed E-state index contributed by atoms with van der Waals surface area (Å²) in [5.41, 5.74) is 0.359. The summed E-state index contributed by atoms with van der Waals surface area (Å²) in [4.78, 5) is 105. The lowest BCUT2D eigenvalue weighted by atomic mass is 9.78. The Hall–Kier alpha value is -6.21. The average Bonchev–Trinajstić information content (AvgIpc) is 3.64. The number of carbonyl (C=O) groups excluding carboxylic acids is 5. The maximum Gasteiger partial charge on any atom is 0.342 e. The largest absolute Gasteiger partial charge is 0.480 e. The van der Waals surface area contributed by atoms with Crippen molar-refractivity contribution in [1.82, 2.24) is 29.6 Å². The van der Waals surface area contributed by atoms with E-state index in [4.69, 9.17) is 14.5 Å². The van der Waals surface area contributed by atoms with Crippen LogP contribution in [0.1, 0.15) is 93.9 Å². The number of piperidine rings is 1. The third-order valence-electron chi connectivity index (χ3n) is 12.8. The first-order chi connectivity index (χ1) is 30.5. The maximum absolute atomic E-state index is 13.2. The number of aromatic nitrogens is 2. The smallest absolute Gasteiger partial charge is 0.342 e. The van der Waals surface area contributed by atoms with Crippen LogP contribution < -0.4 is 15.6 Å². The van der Waals surface area contributed by atoms with Crippen LogP contribution in [-0.2, 0) is 63.5 Å². The van der Waals surface area contributed by atoms with Crippen LogP contribution in [0.3, 0.4) is 0 Å². The molecule has 4 aliphatic heterocycles. The average molecular weight is 889 g/mol. The molecule has 1 aromatic carbocycles. The number of nitrogens with one attached hydrogen (secondary N) is 1. The van der Waals surface area contributed by atoms with Crippen molar-refractivity contribution in [2.24, 2.45) is 5.41 Å². The van der Waals surface area contributed by atoms with Gasteiger partial charge in [-0.1, -0.05) is 6.92 Å². The molecule has 3 aromatic rings. The quantitative estimate of drug-likeness (QED) is 0.0578. The number of carboxylic acids is 2. The van der Waals surface area contributed by atoms with E-state index in [1.165, 1.54) is 11.8 Å². The number of amides is 3. The molecule has 7 rings (SSSR count). The van der Waals surface area contributed by atoms with E-state index in [0.717, 1.165) is 55.5 Å². The summed E-state index contributed by atoms with van der Waals surface area (Å²) in [7, 11) is 2.05. The molecule has 2 aromatic heterocycles. The Balaban J connectivity index is 0.000000214. The van der Waals surface area contributed by atoms with Gasteiger partial charge in [0.15, 0.2) is 11.0 Å². The fourth-order valence-corrected chi connectivity index (χ4v) is 8.73. The summed E-state index contributed by atoms with van der Waals surface area (Å²) >= 11 is 0. The fourth-order valence-electron chi connectivity index (χ4n) is 8.73. The predicted molar refractivity (Wildman–Crippen MR) is 229 cm³/mol. The number of aryl methyl sites for hydroxylation is 1. The number of ether oxygens (including phenoxy) is 2. The Labute approximate surface area is 369 Å². The Morgan fingerprint density at radius 2 is 1.50 bits per heavy atom. The van der Waals surface area contributed by atoms with E-state index in [-0.39, 0.29) is 73.4 Å². The first kappa shape index (κ1) is 47.3. The van der Waals surface area contributed by atoms with Gasteiger partial charge in [-0.05, 0) is 88.7 Å². The van der Waals surface area contributed by atoms with Gasteiger partial charge in [0.05, 0.1) is 29.0 Å². The van der Waals surface area contributed by atoms with Crippen LogP contribution in [0.2, 0.25) is 0 Å². The number of carboxylic acid groups (broad SMARTS) is 2. The Morgan fingerprint density at radius 3 is 2.12 bits per heavy atom. The summed E-state index contributed by atoms with van der Waals surface area (Å²) in [6.45, 7) is 7.98. The zero-order valence-electron chi connectivity index (χ0n) is 36.5. The van der Waals surface area contributed by atoms with E-state index in [1.807, 2.05) is 18.9 Å². The molecular formula is C45H56N6O13. The number of carbonyl (C=O) groups is 7. The van der Waals surface area contributed by atoms with Crippen molar-refractivity contribution in [2.75, 3.05) is 52.9 Å². The van der Waals surface area contributed by atoms with Crippen molar-refractivity contribution in [2.45, 2.75) is 96.8 Å². The highest BCUT2D eigenvalue weighted by Gasteiger charge is 2.49. The number of rotatable bonds is 15. The van der Waals surface area contributed by atoms with Gasteiger partial charge < -0.3 is 49.4 Å². The molecule has 2 fully saturated rings. The van der Waals surface area contributed by atoms with Gasteiger partial charge in [0.2, 0.25) is 17.7 Å². The molecule has 64 heavy (non-hydrogen) atoms. The first-order valence-electron chi connectivity index (χ1n) is 21.7. The summed E-state index contributed by atoms with van der Waals surface area (Å²) in [5, 5.41) is 32.9. The molecule has 19 nitrogen and oxygen atoms in total. The number of benzene rings is 1. The summed E-state index contributed by atoms with van der Waals surface area (Å²) in [6, 6.07) is 6.86. The number of nitrogens with zero attached hydrogens (tertiary/aromatic N) is 5. The topological polar surface area (TPSA) is 255 Å². The van der Waals surface area contributed by atoms with Gasteiger partial charge in [-0.2, -0.15) is 0 Å². The van der Waals surface area contributed by atoms with Gasteiger partial charge in [0.1, 0.15) is 12.4 Å². The second kappa shape index (κ2) is 20.1. The zero-order valence-corrected chi connectivity index (χ0v) is 36.5. The number of likely N-dealkylation sites (tertiary alicyclic amines) is 1. The molecule has 4 N–H and O–H groups in total. The monoisotopic (exact) mass is 888 g/mol. The van der Waals surface area contributed by atoms with Gasteiger partial charge in [-0.15, -0.1) is 0 Å². The molecule has 19 heteroatoms. The number of hydrogen-bond acceptors (Lipinski definition) is 13. The number of hydrogen-bond donors (Lipinski definition) is 4. The minimum absolute atomic E-state index is 0.0801. The fraction of sp³-hybridized carbons (Fsp3) is 0.533. The van der Waals surface area contributed by atoms with Crippen LogP contribution in [0, 0.1) is 5.41 Å². The van der Waals surface area contributed by atoms with Crippen molar-refractivity contribution in [3.8, 4) is 17.1 Å². The molecule has 344 valence electrons. The number of piperazine rings is 1. The Morgan fingerprint density at radius 1 is 0.875 bits per heavy atom.